The molecular weight excluding hydrogens is 586 g/mol. The fraction of sp³-hybridized carbons (Fsp3) is 0.571. The van der Waals surface area contributed by atoms with E-state index < -0.39 is 0 Å². The molecule has 0 radical (unpaired) electrons. The average molecular weight is 642 g/mol. The van der Waals surface area contributed by atoms with Crippen LogP contribution in [0.25, 0.3) is 0 Å². The summed E-state index contributed by atoms with van der Waals surface area (Å²) in [6.07, 6.45) is 7.29. The molecule has 1 heterocycles. The van der Waals surface area contributed by atoms with Crippen LogP contribution >= 0.6 is 11.3 Å². The number of rotatable bonds is 18. The molecule has 1 aromatic carbocycles. The van der Waals surface area contributed by atoms with Crippen molar-refractivity contribution < 1.29 is 19.2 Å². The van der Waals surface area contributed by atoms with E-state index in [1.165, 1.54) is 11.3 Å². The lowest BCUT2D eigenvalue weighted by Gasteiger charge is -2.32. The molecule has 0 saturated heterocycles. The molecule has 45 heavy (non-hydrogen) atoms. The highest BCUT2D eigenvalue weighted by Crippen LogP contribution is 2.21. The van der Waals surface area contributed by atoms with Crippen LogP contribution in [-0.4, -0.2) is 78.1 Å². The molecule has 0 fully saturated rings. The molecule has 9 nitrogen and oxygen atoms in total. The van der Waals surface area contributed by atoms with Gasteiger partial charge in [-0.25, -0.2) is 4.98 Å². The van der Waals surface area contributed by atoms with Gasteiger partial charge in [-0.2, -0.15) is 0 Å². The van der Waals surface area contributed by atoms with E-state index in [0.29, 0.717) is 48.9 Å². The van der Waals surface area contributed by atoms with Crippen LogP contribution in [0.5, 0.6) is 0 Å². The van der Waals surface area contributed by atoms with Crippen LogP contribution in [0.2, 0.25) is 0 Å². The second-order valence-electron chi connectivity index (χ2n) is 12.2. The van der Waals surface area contributed by atoms with Gasteiger partial charge in [-0.15, -0.1) is 11.3 Å². The first-order valence-corrected chi connectivity index (χ1v) is 16.8. The summed E-state index contributed by atoms with van der Waals surface area (Å²) in [4.78, 5) is 55.5. The lowest BCUT2D eigenvalue weighted by molar-refractivity contribution is -0.134. The maximum atomic E-state index is 13.0. The monoisotopic (exact) mass is 641 g/mol. The lowest BCUT2D eigenvalue weighted by atomic mass is 9.96. The number of carbonyl (C=O) groups is 4. The van der Waals surface area contributed by atoms with Gasteiger partial charge in [-0.05, 0) is 62.8 Å². The lowest BCUT2D eigenvalue weighted by Crippen LogP contribution is -2.41. The minimum absolute atomic E-state index is 0.120. The third-order valence-electron chi connectivity index (χ3n) is 7.61. The Labute approximate surface area is 274 Å². The van der Waals surface area contributed by atoms with Crippen molar-refractivity contribution >= 4 is 35.3 Å². The Balaban J connectivity index is 0.000000975. The topological polar surface area (TPSA) is 126 Å². The van der Waals surface area contributed by atoms with Gasteiger partial charge >= 0.3 is 0 Å². The first-order chi connectivity index (χ1) is 21.3. The first-order valence-electron chi connectivity index (χ1n) is 16.0. The molecule has 0 aliphatic rings. The van der Waals surface area contributed by atoms with Gasteiger partial charge in [-0.1, -0.05) is 77.4 Å². The molecule has 3 atom stereocenters. The van der Waals surface area contributed by atoms with E-state index in [4.69, 9.17) is 5.73 Å². The number of likely N-dealkylation sites (N-methyl/N-ethyl adjacent to an activating group) is 1. The number of allylic oxidation sites excluding steroid dienone is 1. The number of carbonyl (C=O) groups excluding carboxylic acids is 4. The molecule has 250 valence electrons. The smallest absolute Gasteiger partial charge is 0.271 e. The molecule has 3 amide bonds. The van der Waals surface area contributed by atoms with Crippen LogP contribution in [0.15, 0.2) is 47.4 Å². The normalized spacial score (nSPS) is 13.4. The number of hydrogen-bond donors (Lipinski definition) is 2. The molecule has 3 N–H and O–H groups in total. The molecule has 2 aromatic rings. The molecular formula is C35H55N5O4S. The van der Waals surface area contributed by atoms with Crippen LogP contribution in [0.1, 0.15) is 88.3 Å². The summed E-state index contributed by atoms with van der Waals surface area (Å²) in [5.74, 6) is 0.375. The Morgan fingerprint density at radius 1 is 1.09 bits per heavy atom. The zero-order valence-electron chi connectivity index (χ0n) is 28.5. The molecule has 2 rings (SSSR count). The van der Waals surface area contributed by atoms with Crippen LogP contribution < -0.4 is 11.1 Å². The summed E-state index contributed by atoms with van der Waals surface area (Å²) in [6.45, 7) is 13.6. The van der Waals surface area contributed by atoms with Crippen molar-refractivity contribution in [3.63, 3.8) is 0 Å². The number of nitrogens with two attached hydrogens (primary N) is 1. The van der Waals surface area contributed by atoms with Crippen molar-refractivity contribution in [3.05, 3.63) is 63.6 Å². The number of amides is 3. The fourth-order valence-electron chi connectivity index (χ4n) is 4.89. The third kappa shape index (κ3) is 16.0. The molecule has 0 aliphatic carbocycles. The van der Waals surface area contributed by atoms with E-state index in [-0.39, 0.29) is 29.8 Å². The van der Waals surface area contributed by atoms with E-state index in [1.54, 1.807) is 18.4 Å². The Morgan fingerprint density at radius 2 is 1.76 bits per heavy atom. The SMILES string of the molecule is CCC(C)CC(=O)N(C)C(CCc1nc(C(=O)NC(/C=C(\C)C=O)Cc2ccccc2)cs1)C(C)C.CCCN(C)CC(N)=O. The maximum absolute atomic E-state index is 13.0. The molecule has 1 aromatic heterocycles. The van der Waals surface area contributed by atoms with Crippen LogP contribution in [-0.2, 0) is 27.2 Å². The van der Waals surface area contributed by atoms with Crippen LogP contribution in [0.3, 0.4) is 0 Å². The third-order valence-corrected chi connectivity index (χ3v) is 8.52. The summed E-state index contributed by atoms with van der Waals surface area (Å²) in [5.41, 5.74) is 6.97. The highest BCUT2D eigenvalue weighted by Gasteiger charge is 2.24. The summed E-state index contributed by atoms with van der Waals surface area (Å²) in [6, 6.07) is 9.66. The summed E-state index contributed by atoms with van der Waals surface area (Å²) >= 11 is 1.47. The maximum Gasteiger partial charge on any atom is 0.271 e. The average Bonchev–Trinajstić information content (AvgIpc) is 3.46. The van der Waals surface area contributed by atoms with Crippen molar-refractivity contribution in [1.82, 2.24) is 20.1 Å². The van der Waals surface area contributed by atoms with Crippen molar-refractivity contribution in [1.29, 1.82) is 0 Å². The zero-order chi connectivity index (χ0) is 33.9. The second-order valence-corrected chi connectivity index (χ2v) is 13.1. The highest BCUT2D eigenvalue weighted by molar-refractivity contribution is 7.09. The number of thiazole rings is 1. The van der Waals surface area contributed by atoms with Gasteiger partial charge in [0.1, 0.15) is 12.0 Å². The number of primary amides is 1. The first kappa shape index (κ1) is 39.7. The Kier molecular flexibility index (Phi) is 18.8. The van der Waals surface area contributed by atoms with Gasteiger partial charge in [-0.3, -0.25) is 24.1 Å². The summed E-state index contributed by atoms with van der Waals surface area (Å²) in [5, 5.41) is 5.68. The summed E-state index contributed by atoms with van der Waals surface area (Å²) in [7, 11) is 3.78. The molecule has 0 aliphatic heterocycles. The van der Waals surface area contributed by atoms with Crippen molar-refractivity contribution in [2.24, 2.45) is 17.6 Å². The number of benzene rings is 1. The van der Waals surface area contributed by atoms with Gasteiger partial charge in [0.25, 0.3) is 5.91 Å². The van der Waals surface area contributed by atoms with Crippen molar-refractivity contribution in [2.45, 2.75) is 92.2 Å². The number of nitrogens with one attached hydrogen (secondary N) is 1. The van der Waals surface area contributed by atoms with Crippen LogP contribution in [0.4, 0.5) is 0 Å². The number of nitrogens with zero attached hydrogens (tertiary/aromatic N) is 3. The minimum Gasteiger partial charge on any atom is -0.369 e. The Morgan fingerprint density at radius 3 is 2.31 bits per heavy atom. The van der Waals surface area contributed by atoms with E-state index in [2.05, 4.69) is 44.9 Å². The minimum atomic E-state index is -0.314. The van der Waals surface area contributed by atoms with Crippen LogP contribution in [0, 0.1) is 11.8 Å². The molecule has 3 unspecified atom stereocenters. The van der Waals surface area contributed by atoms with Gasteiger partial charge in [0.05, 0.1) is 17.6 Å². The Hall–Kier alpha value is -3.37. The largest absolute Gasteiger partial charge is 0.369 e. The quantitative estimate of drug-likeness (QED) is 0.168. The highest BCUT2D eigenvalue weighted by atomic mass is 32.1. The second kappa shape index (κ2) is 21.4. The number of aldehydes is 1. The van der Waals surface area contributed by atoms with Gasteiger partial charge in [0.2, 0.25) is 11.8 Å². The summed E-state index contributed by atoms with van der Waals surface area (Å²) < 4.78 is 0. The predicted octanol–water partition coefficient (Wildman–Crippen LogP) is 5.29. The van der Waals surface area contributed by atoms with Crippen molar-refractivity contribution in [3.8, 4) is 0 Å². The van der Waals surface area contributed by atoms with E-state index in [0.717, 1.165) is 42.7 Å². The van der Waals surface area contributed by atoms with E-state index in [9.17, 15) is 19.2 Å². The number of aryl methyl sites for hydroxylation is 1. The van der Waals surface area contributed by atoms with Crippen molar-refractivity contribution in [2.75, 3.05) is 27.2 Å². The van der Waals surface area contributed by atoms with E-state index in [1.807, 2.05) is 54.2 Å². The zero-order valence-corrected chi connectivity index (χ0v) is 29.4. The fourth-order valence-corrected chi connectivity index (χ4v) is 5.69. The Bertz CT molecular complexity index is 1210. The van der Waals surface area contributed by atoms with Gasteiger partial charge in [0.15, 0.2) is 0 Å². The molecule has 0 spiro atoms. The number of hydrogen-bond acceptors (Lipinski definition) is 7. The molecule has 10 heteroatoms. The van der Waals surface area contributed by atoms with E-state index >= 15 is 0 Å². The number of aromatic nitrogens is 1. The molecule has 0 saturated carbocycles. The van der Waals surface area contributed by atoms with Gasteiger partial charge < -0.3 is 16.0 Å². The molecule has 0 bridgehead atoms. The van der Waals surface area contributed by atoms with Gasteiger partial charge in [0, 0.05) is 31.3 Å². The standard InChI is InChI=1S/C29H41N3O3S.C6H14N2O/c1-7-21(4)16-28(34)32(6)26(20(2)3)13-14-27-31-25(19-36-27)29(35)30-24(15-22(5)18-33)17-23-11-9-8-10-12-23;1-3-4-8(2)5-6(7)9/h8-12,15,18-21,24,26H,7,13-14,16-17H2,1-6H3,(H,30,35);3-5H2,1-2H3,(H2,7,9)/b22-15+;. The predicted molar refractivity (Wildman–Crippen MR) is 184 cm³/mol.